The van der Waals surface area contributed by atoms with Crippen molar-refractivity contribution in [2.24, 2.45) is 0 Å². The van der Waals surface area contributed by atoms with E-state index in [0.717, 1.165) is 12.1 Å². The molecule has 1 aromatic rings. The van der Waals surface area contributed by atoms with Gasteiger partial charge in [0.2, 0.25) is 0 Å². The van der Waals surface area contributed by atoms with Crippen molar-refractivity contribution in [2.45, 2.75) is 0 Å². The van der Waals surface area contributed by atoms with Crippen molar-refractivity contribution in [3.8, 4) is 0 Å². The fraction of sp³-hybridized carbons (Fsp3) is 0. The average Bonchev–Trinajstić information content (AvgIpc) is 1.83. The minimum Gasteiger partial charge on any atom is -0.281 e. The molecule has 0 bridgehead atoms. The molecule has 1 aromatic carbocycles. The third-order valence-corrected chi connectivity index (χ3v) is 0.839. The van der Waals surface area contributed by atoms with Gasteiger partial charge in [-0.15, -0.1) is 29.1 Å². The maximum Gasteiger partial charge on any atom is 0.0836 e. The summed E-state index contributed by atoms with van der Waals surface area (Å²) in [7, 11) is 0. The molecule has 0 unspecified atom stereocenters. The van der Waals surface area contributed by atoms with Crippen molar-refractivity contribution in [3.05, 3.63) is 35.7 Å². The first kappa shape index (κ1) is 13.7. The SMILES string of the molecule is Br.Fc1c[c-]cc(F)c1F.[Zn]. The van der Waals surface area contributed by atoms with Crippen molar-refractivity contribution >= 4 is 17.0 Å². The van der Waals surface area contributed by atoms with Crippen molar-refractivity contribution in [1.29, 1.82) is 0 Å². The predicted molar refractivity (Wildman–Crippen MR) is 35.5 cm³/mol. The normalized spacial score (nSPS) is 7.91. The van der Waals surface area contributed by atoms with Gasteiger partial charge < -0.3 is 0 Å². The molecule has 0 aromatic heterocycles. The molecule has 0 saturated carbocycles. The molecular formula is C6H3BrF3Zn-. The monoisotopic (exact) mass is 275 g/mol. The second-order valence-corrected chi connectivity index (χ2v) is 1.47. The molecule has 1 rings (SSSR count). The van der Waals surface area contributed by atoms with Gasteiger partial charge >= 0.3 is 0 Å². The van der Waals surface area contributed by atoms with Gasteiger partial charge in [0.15, 0.2) is 0 Å². The van der Waals surface area contributed by atoms with Crippen LogP contribution in [-0.4, -0.2) is 0 Å². The van der Waals surface area contributed by atoms with Crippen LogP contribution in [0.4, 0.5) is 13.2 Å². The standard InChI is InChI=1S/C6H2F3.BrH.Zn/c7-4-2-1-3-5(8)6(4)9;;/h2-3H;1H;/q-1;;. The van der Waals surface area contributed by atoms with E-state index in [9.17, 15) is 13.2 Å². The molecule has 0 fully saturated rings. The molecule has 0 aliphatic heterocycles. The van der Waals surface area contributed by atoms with Gasteiger partial charge in [0, 0.05) is 31.1 Å². The van der Waals surface area contributed by atoms with Crippen LogP contribution in [0.25, 0.3) is 0 Å². The van der Waals surface area contributed by atoms with Crippen LogP contribution < -0.4 is 0 Å². The maximum atomic E-state index is 12.0. The molecule has 58 valence electrons. The zero-order valence-electron chi connectivity index (χ0n) is 5.40. The van der Waals surface area contributed by atoms with Crippen LogP contribution in [0.5, 0.6) is 0 Å². The Labute approximate surface area is 85.3 Å². The first-order valence-electron chi connectivity index (χ1n) is 2.22. The molecule has 0 nitrogen and oxygen atoms in total. The minimum absolute atomic E-state index is 0. The van der Waals surface area contributed by atoms with Crippen molar-refractivity contribution in [2.75, 3.05) is 0 Å². The van der Waals surface area contributed by atoms with E-state index in [-0.39, 0.29) is 36.5 Å². The molecule has 0 aliphatic carbocycles. The van der Waals surface area contributed by atoms with Gasteiger partial charge in [0.25, 0.3) is 0 Å². The van der Waals surface area contributed by atoms with Gasteiger partial charge in [-0.3, -0.25) is 8.78 Å². The largest absolute Gasteiger partial charge is 0.281 e. The van der Waals surface area contributed by atoms with E-state index in [1.54, 1.807) is 0 Å². The summed E-state index contributed by atoms with van der Waals surface area (Å²) < 4.78 is 35.8. The predicted octanol–water partition coefficient (Wildman–Crippen LogP) is 2.48. The van der Waals surface area contributed by atoms with Gasteiger partial charge in [0.05, 0.1) is 5.82 Å². The summed E-state index contributed by atoms with van der Waals surface area (Å²) in [6.45, 7) is 0. The molecule has 0 heterocycles. The summed E-state index contributed by atoms with van der Waals surface area (Å²) in [5.41, 5.74) is 0. The summed E-state index contributed by atoms with van der Waals surface area (Å²) >= 11 is 0. The second kappa shape index (κ2) is 5.72. The zero-order valence-corrected chi connectivity index (χ0v) is 10.1. The Morgan fingerprint density at radius 1 is 1.00 bits per heavy atom. The van der Waals surface area contributed by atoms with Gasteiger partial charge in [-0.1, -0.05) is 0 Å². The van der Waals surface area contributed by atoms with E-state index >= 15 is 0 Å². The zero-order chi connectivity index (χ0) is 6.85. The third kappa shape index (κ3) is 3.34. The van der Waals surface area contributed by atoms with Crippen molar-refractivity contribution in [1.82, 2.24) is 0 Å². The quantitative estimate of drug-likeness (QED) is 0.388. The molecule has 0 radical (unpaired) electrons. The fourth-order valence-corrected chi connectivity index (χ4v) is 0.429. The summed E-state index contributed by atoms with van der Waals surface area (Å²) in [6, 6.07) is 3.55. The Balaban J connectivity index is 0. The molecule has 0 N–H and O–H groups in total. The molecule has 5 heteroatoms. The van der Waals surface area contributed by atoms with Gasteiger partial charge in [-0.25, -0.2) is 4.39 Å². The van der Waals surface area contributed by atoms with Crippen LogP contribution in [0.1, 0.15) is 0 Å². The van der Waals surface area contributed by atoms with Crippen LogP contribution in [0.2, 0.25) is 0 Å². The van der Waals surface area contributed by atoms with Crippen LogP contribution in [0.3, 0.4) is 0 Å². The number of benzene rings is 1. The van der Waals surface area contributed by atoms with Crippen molar-refractivity contribution in [3.63, 3.8) is 0 Å². The fourth-order valence-electron chi connectivity index (χ4n) is 0.429. The van der Waals surface area contributed by atoms with Gasteiger partial charge in [-0.2, -0.15) is 6.07 Å². The first-order valence-corrected chi connectivity index (χ1v) is 2.22. The Kier molecular flexibility index (Phi) is 7.12. The number of rotatable bonds is 0. The van der Waals surface area contributed by atoms with Crippen molar-refractivity contribution < 1.29 is 32.6 Å². The van der Waals surface area contributed by atoms with E-state index < -0.39 is 17.5 Å². The van der Waals surface area contributed by atoms with Gasteiger partial charge in [-0.05, 0) is 0 Å². The summed E-state index contributed by atoms with van der Waals surface area (Å²) in [4.78, 5) is 0. The van der Waals surface area contributed by atoms with Crippen LogP contribution >= 0.6 is 17.0 Å². The second-order valence-electron chi connectivity index (χ2n) is 1.47. The molecular weight excluding hydrogens is 274 g/mol. The minimum atomic E-state index is -1.45. The molecule has 0 aliphatic rings. The molecule has 0 atom stereocenters. The first-order chi connectivity index (χ1) is 4.22. The third-order valence-electron chi connectivity index (χ3n) is 0.839. The van der Waals surface area contributed by atoms with Crippen LogP contribution in [-0.2, 0) is 19.5 Å². The summed E-state index contributed by atoms with van der Waals surface area (Å²) in [6.07, 6.45) is 0. The topological polar surface area (TPSA) is 0 Å². The molecule has 0 saturated heterocycles. The Hall–Kier alpha value is 0.113. The van der Waals surface area contributed by atoms with Crippen LogP contribution in [0, 0.1) is 23.5 Å². The molecule has 11 heavy (non-hydrogen) atoms. The van der Waals surface area contributed by atoms with Gasteiger partial charge in [0.1, 0.15) is 0 Å². The van der Waals surface area contributed by atoms with Crippen LogP contribution in [0.15, 0.2) is 12.1 Å². The van der Waals surface area contributed by atoms with E-state index in [1.165, 1.54) is 0 Å². The van der Waals surface area contributed by atoms with E-state index in [2.05, 4.69) is 6.07 Å². The Bertz CT molecular complexity index is 209. The summed E-state index contributed by atoms with van der Waals surface area (Å²) in [5, 5.41) is 0. The number of halogens is 4. The number of hydrogen-bond acceptors (Lipinski definition) is 0. The van der Waals surface area contributed by atoms with E-state index in [0.29, 0.717) is 0 Å². The summed E-state index contributed by atoms with van der Waals surface area (Å²) in [5.74, 6) is -3.88. The molecule has 0 spiro atoms. The molecule has 0 amide bonds. The van der Waals surface area contributed by atoms with E-state index in [1.807, 2.05) is 0 Å². The maximum absolute atomic E-state index is 12.0. The Morgan fingerprint density at radius 3 is 1.64 bits per heavy atom. The average molecular weight is 277 g/mol. The Morgan fingerprint density at radius 2 is 1.36 bits per heavy atom. The smallest absolute Gasteiger partial charge is 0.0836 e. The van der Waals surface area contributed by atoms with E-state index in [4.69, 9.17) is 0 Å². The number of hydrogen-bond donors (Lipinski definition) is 0.